The van der Waals surface area contributed by atoms with Gasteiger partial charge < -0.3 is 14.8 Å². The van der Waals surface area contributed by atoms with Crippen LogP contribution in [0, 0.1) is 6.92 Å². The number of ether oxygens (including phenoxy) is 1. The van der Waals surface area contributed by atoms with Gasteiger partial charge in [-0.25, -0.2) is 4.98 Å². The van der Waals surface area contributed by atoms with Crippen LogP contribution >= 0.6 is 0 Å². The van der Waals surface area contributed by atoms with Gasteiger partial charge in [-0.2, -0.15) is 0 Å². The molecule has 1 saturated heterocycles. The van der Waals surface area contributed by atoms with Crippen LogP contribution in [0.15, 0.2) is 30.5 Å². The lowest BCUT2D eigenvalue weighted by molar-refractivity contribution is -0.0880. The number of aryl methyl sites for hydroxylation is 1. The molecule has 0 bridgehead atoms. The number of rotatable bonds is 3. The Bertz CT molecular complexity index is 553. The van der Waals surface area contributed by atoms with Crippen LogP contribution in [0.25, 0.3) is 11.3 Å². The highest BCUT2D eigenvalue weighted by Gasteiger charge is 2.42. The van der Waals surface area contributed by atoms with Crippen LogP contribution in [-0.2, 0) is 10.2 Å². The third-order valence-electron chi connectivity index (χ3n) is 3.57. The van der Waals surface area contributed by atoms with Crippen molar-refractivity contribution in [2.45, 2.75) is 12.3 Å². The predicted octanol–water partition coefficient (Wildman–Crippen LogP) is 1.65. The van der Waals surface area contributed by atoms with E-state index in [0.29, 0.717) is 13.2 Å². The van der Waals surface area contributed by atoms with E-state index in [1.807, 2.05) is 18.3 Å². The Kier molecular flexibility index (Phi) is 2.69. The predicted molar refractivity (Wildman–Crippen MR) is 68.3 cm³/mol. The van der Waals surface area contributed by atoms with Gasteiger partial charge in [0.25, 0.3) is 0 Å². The maximum absolute atomic E-state index is 9.48. The largest absolute Gasteiger partial charge is 0.395 e. The molecule has 0 radical (unpaired) electrons. The fourth-order valence-electron chi connectivity index (χ4n) is 2.25. The molecule has 0 unspecified atom stereocenters. The molecule has 3 rings (SSSR count). The fraction of sp³-hybridized carbons (Fsp3) is 0.357. The monoisotopic (exact) mass is 244 g/mol. The number of hydrogen-bond donors (Lipinski definition) is 2. The first-order valence-corrected chi connectivity index (χ1v) is 6.05. The lowest BCUT2D eigenvalue weighted by Crippen LogP contribution is -2.50. The third-order valence-corrected chi connectivity index (χ3v) is 3.57. The van der Waals surface area contributed by atoms with E-state index in [4.69, 9.17) is 4.74 Å². The van der Waals surface area contributed by atoms with E-state index in [9.17, 15) is 5.11 Å². The molecule has 1 aliphatic heterocycles. The van der Waals surface area contributed by atoms with Crippen LogP contribution in [0.4, 0.5) is 0 Å². The summed E-state index contributed by atoms with van der Waals surface area (Å²) in [7, 11) is 0. The Labute approximate surface area is 106 Å². The second-order valence-corrected chi connectivity index (χ2v) is 4.89. The van der Waals surface area contributed by atoms with Crippen molar-refractivity contribution < 1.29 is 9.84 Å². The van der Waals surface area contributed by atoms with Gasteiger partial charge in [-0.1, -0.05) is 24.3 Å². The summed E-state index contributed by atoms with van der Waals surface area (Å²) in [6.07, 6.45) is 1.83. The van der Waals surface area contributed by atoms with E-state index in [2.05, 4.69) is 29.0 Å². The second-order valence-electron chi connectivity index (χ2n) is 4.89. The van der Waals surface area contributed by atoms with E-state index in [1.54, 1.807) is 0 Å². The zero-order chi connectivity index (χ0) is 12.6. The standard InChI is InChI=1S/C14H16N2O2/c1-10-4-2-3-5-11(10)12-6-15-13(16-12)14(7-17)8-18-9-14/h2-6,17H,7-9H2,1H3,(H,15,16). The summed E-state index contributed by atoms with van der Waals surface area (Å²) < 4.78 is 5.20. The summed E-state index contributed by atoms with van der Waals surface area (Å²) in [5.74, 6) is 0.814. The fourth-order valence-corrected chi connectivity index (χ4v) is 2.25. The molecule has 4 nitrogen and oxygen atoms in total. The van der Waals surface area contributed by atoms with Crippen molar-refractivity contribution in [1.29, 1.82) is 0 Å². The Balaban J connectivity index is 1.97. The zero-order valence-corrected chi connectivity index (χ0v) is 10.3. The number of aliphatic hydroxyl groups excluding tert-OH is 1. The van der Waals surface area contributed by atoms with Gasteiger partial charge in [0.05, 0.1) is 37.1 Å². The van der Waals surface area contributed by atoms with Crippen LogP contribution in [0.3, 0.4) is 0 Å². The minimum Gasteiger partial charge on any atom is -0.395 e. The summed E-state index contributed by atoms with van der Waals surface area (Å²) >= 11 is 0. The van der Waals surface area contributed by atoms with Crippen molar-refractivity contribution in [3.63, 3.8) is 0 Å². The third kappa shape index (κ3) is 1.65. The maximum atomic E-state index is 9.48. The molecule has 1 aromatic heterocycles. The first kappa shape index (κ1) is 11.4. The van der Waals surface area contributed by atoms with Crippen molar-refractivity contribution in [2.75, 3.05) is 19.8 Å². The zero-order valence-electron chi connectivity index (χ0n) is 10.3. The molecule has 0 saturated carbocycles. The Hall–Kier alpha value is -1.65. The van der Waals surface area contributed by atoms with Crippen molar-refractivity contribution in [1.82, 2.24) is 9.97 Å². The van der Waals surface area contributed by atoms with Gasteiger partial charge in [0, 0.05) is 5.56 Å². The van der Waals surface area contributed by atoms with Gasteiger partial charge in [-0.05, 0) is 12.5 Å². The van der Waals surface area contributed by atoms with Crippen LogP contribution < -0.4 is 0 Å². The number of nitrogens with one attached hydrogen (secondary N) is 1. The van der Waals surface area contributed by atoms with Crippen LogP contribution in [0.2, 0.25) is 0 Å². The molecule has 2 heterocycles. The second kappa shape index (κ2) is 4.23. The van der Waals surface area contributed by atoms with E-state index < -0.39 is 0 Å². The van der Waals surface area contributed by atoms with E-state index >= 15 is 0 Å². The molecule has 0 aliphatic carbocycles. The summed E-state index contributed by atoms with van der Waals surface area (Å²) in [6.45, 7) is 3.20. The normalized spacial score (nSPS) is 17.4. The van der Waals surface area contributed by atoms with Gasteiger partial charge in [-0.3, -0.25) is 0 Å². The number of hydrogen-bond acceptors (Lipinski definition) is 3. The van der Waals surface area contributed by atoms with Crippen LogP contribution in [0.1, 0.15) is 11.4 Å². The summed E-state index contributed by atoms with van der Waals surface area (Å²) in [4.78, 5) is 7.72. The molecule has 0 atom stereocenters. The highest BCUT2D eigenvalue weighted by Crippen LogP contribution is 2.31. The average Bonchev–Trinajstić information content (AvgIpc) is 2.79. The van der Waals surface area contributed by atoms with Gasteiger partial charge in [-0.15, -0.1) is 0 Å². The molecule has 1 aromatic carbocycles. The molecule has 0 spiro atoms. The lowest BCUT2D eigenvalue weighted by Gasteiger charge is -2.37. The van der Waals surface area contributed by atoms with Gasteiger partial charge >= 0.3 is 0 Å². The first-order valence-electron chi connectivity index (χ1n) is 6.05. The SMILES string of the molecule is Cc1ccccc1-c1cnc(C2(CO)COC2)[nH]1. The minimum absolute atomic E-state index is 0.0632. The van der Waals surface area contributed by atoms with Crippen molar-refractivity contribution in [2.24, 2.45) is 0 Å². The Morgan fingerprint density at radius 2 is 2.17 bits per heavy atom. The molecule has 2 N–H and O–H groups in total. The lowest BCUT2D eigenvalue weighted by atomic mass is 9.86. The van der Waals surface area contributed by atoms with Crippen LogP contribution in [0.5, 0.6) is 0 Å². The smallest absolute Gasteiger partial charge is 0.119 e. The molecule has 94 valence electrons. The number of H-pyrrole nitrogens is 1. The quantitative estimate of drug-likeness (QED) is 0.863. The number of nitrogens with zero attached hydrogens (tertiary/aromatic N) is 1. The van der Waals surface area contributed by atoms with Gasteiger partial charge in [0.2, 0.25) is 0 Å². The molecule has 1 fully saturated rings. The average molecular weight is 244 g/mol. The highest BCUT2D eigenvalue weighted by atomic mass is 16.5. The van der Waals surface area contributed by atoms with Crippen LogP contribution in [-0.4, -0.2) is 34.9 Å². The molecule has 2 aromatic rings. The molecular weight excluding hydrogens is 228 g/mol. The topological polar surface area (TPSA) is 58.1 Å². The maximum Gasteiger partial charge on any atom is 0.119 e. The number of benzene rings is 1. The number of aromatic nitrogens is 2. The number of aromatic amines is 1. The van der Waals surface area contributed by atoms with Crippen molar-refractivity contribution >= 4 is 0 Å². The first-order chi connectivity index (χ1) is 8.75. The Morgan fingerprint density at radius 3 is 2.78 bits per heavy atom. The molecule has 0 amide bonds. The Morgan fingerprint density at radius 1 is 1.39 bits per heavy atom. The number of imidazole rings is 1. The molecular formula is C14H16N2O2. The van der Waals surface area contributed by atoms with E-state index in [-0.39, 0.29) is 12.0 Å². The number of aliphatic hydroxyl groups is 1. The highest BCUT2D eigenvalue weighted by molar-refractivity contribution is 5.62. The van der Waals surface area contributed by atoms with Gasteiger partial charge in [0.15, 0.2) is 0 Å². The minimum atomic E-state index is -0.332. The molecule has 1 aliphatic rings. The summed E-state index contributed by atoms with van der Waals surface area (Å²) in [5, 5.41) is 9.48. The van der Waals surface area contributed by atoms with E-state index in [0.717, 1.165) is 17.1 Å². The molecule has 18 heavy (non-hydrogen) atoms. The van der Waals surface area contributed by atoms with Gasteiger partial charge in [0.1, 0.15) is 5.82 Å². The van der Waals surface area contributed by atoms with E-state index in [1.165, 1.54) is 5.56 Å². The van der Waals surface area contributed by atoms with Crippen molar-refractivity contribution in [3.05, 3.63) is 41.9 Å². The molecule has 4 heteroatoms. The van der Waals surface area contributed by atoms with Crippen molar-refractivity contribution in [3.8, 4) is 11.3 Å². The summed E-state index contributed by atoms with van der Waals surface area (Å²) in [6, 6.07) is 8.17. The summed E-state index contributed by atoms with van der Waals surface area (Å²) in [5.41, 5.74) is 3.00.